The van der Waals surface area contributed by atoms with Crippen molar-refractivity contribution >= 4 is 73.7 Å². The molecule has 0 bridgehead atoms. The Labute approximate surface area is 400 Å². The fourth-order valence-corrected chi connectivity index (χ4v) is 8.76. The second kappa shape index (κ2) is 26.1. The normalized spacial score (nSPS) is 14.4. The van der Waals surface area contributed by atoms with E-state index in [9.17, 15) is 33.6 Å². The third-order valence-electron chi connectivity index (χ3n) is 11.9. The van der Waals surface area contributed by atoms with Crippen LogP contribution in [0.2, 0.25) is 0 Å². The summed E-state index contributed by atoms with van der Waals surface area (Å²) in [7, 11) is 0. The SMILES string of the molecule is CCCC[C@@H](NC(=O)[C@@H](CCCCN)NC(=O)[C@H](Cc1ccccc1)NC(=O)[C@@H](Cc1c[nH]c2ccccc12)NC(=O)[C@@H](Cc1csc2ccccc12)NC(=O)[C@H](N)CC)C(=O)N[C@H](C)C(N)=O. The third-order valence-corrected chi connectivity index (χ3v) is 12.9. The molecule has 0 aliphatic rings. The van der Waals surface area contributed by atoms with Crippen LogP contribution in [0.25, 0.3) is 21.0 Å². The van der Waals surface area contributed by atoms with Crippen LogP contribution in [0.3, 0.4) is 0 Å². The van der Waals surface area contributed by atoms with Gasteiger partial charge in [-0.05, 0) is 85.2 Å². The van der Waals surface area contributed by atoms with Gasteiger partial charge in [-0.3, -0.25) is 33.6 Å². The van der Waals surface area contributed by atoms with E-state index < -0.39 is 83.6 Å². The molecule has 13 N–H and O–H groups in total. The van der Waals surface area contributed by atoms with Gasteiger partial charge in [-0.25, -0.2) is 0 Å². The maximum Gasteiger partial charge on any atom is 0.243 e. The predicted molar refractivity (Wildman–Crippen MR) is 265 cm³/mol. The molecule has 0 aliphatic carbocycles. The fraction of sp³-hybridized carbons (Fsp3) is 0.420. The first-order chi connectivity index (χ1) is 32.7. The van der Waals surface area contributed by atoms with E-state index in [4.69, 9.17) is 17.2 Å². The number of unbranched alkanes of at least 4 members (excludes halogenated alkanes) is 2. The fourth-order valence-electron chi connectivity index (χ4n) is 7.79. The molecule has 68 heavy (non-hydrogen) atoms. The Morgan fingerprint density at radius 2 is 1.10 bits per heavy atom. The van der Waals surface area contributed by atoms with Gasteiger partial charge in [0.25, 0.3) is 0 Å². The van der Waals surface area contributed by atoms with E-state index in [-0.39, 0.29) is 32.1 Å². The van der Waals surface area contributed by atoms with Gasteiger partial charge in [-0.15, -0.1) is 11.3 Å². The van der Waals surface area contributed by atoms with E-state index in [1.165, 1.54) is 18.3 Å². The molecular weight excluding hydrogens is 885 g/mol. The number of hydrogen-bond acceptors (Lipinski definition) is 10. The lowest BCUT2D eigenvalue weighted by atomic mass is 10.00. The van der Waals surface area contributed by atoms with Crippen LogP contribution in [-0.4, -0.2) is 95.2 Å². The summed E-state index contributed by atoms with van der Waals surface area (Å²) in [4.78, 5) is 99.6. The Morgan fingerprint density at radius 3 is 1.72 bits per heavy atom. The molecule has 0 aliphatic heterocycles. The molecule has 2 aromatic heterocycles. The minimum absolute atomic E-state index is 0.00249. The van der Waals surface area contributed by atoms with Crippen molar-refractivity contribution in [2.45, 2.75) is 127 Å². The highest BCUT2D eigenvalue weighted by Gasteiger charge is 2.34. The number of fused-ring (bicyclic) bond motifs is 2. The van der Waals surface area contributed by atoms with E-state index in [2.05, 4.69) is 36.9 Å². The minimum atomic E-state index is -1.27. The molecule has 3 aromatic carbocycles. The van der Waals surface area contributed by atoms with Gasteiger partial charge in [0, 0.05) is 41.1 Å². The Morgan fingerprint density at radius 1 is 0.588 bits per heavy atom. The Hall–Kier alpha value is -6.63. The van der Waals surface area contributed by atoms with Crippen LogP contribution in [0.1, 0.15) is 82.4 Å². The van der Waals surface area contributed by atoms with Crippen molar-refractivity contribution in [3.05, 3.63) is 107 Å². The van der Waals surface area contributed by atoms with Gasteiger partial charge in [0.15, 0.2) is 0 Å². The summed E-state index contributed by atoms with van der Waals surface area (Å²) in [6.45, 7) is 5.48. The first-order valence-corrected chi connectivity index (χ1v) is 24.2. The van der Waals surface area contributed by atoms with Crippen LogP contribution >= 0.6 is 11.3 Å². The number of amides is 7. The number of carbonyl (C=O) groups is 7. The summed E-state index contributed by atoms with van der Waals surface area (Å²) in [5.41, 5.74) is 20.4. The minimum Gasteiger partial charge on any atom is -0.368 e. The van der Waals surface area contributed by atoms with Crippen molar-refractivity contribution in [3.8, 4) is 0 Å². The number of nitrogens with two attached hydrogens (primary N) is 3. The van der Waals surface area contributed by atoms with Crippen molar-refractivity contribution in [2.75, 3.05) is 6.54 Å². The van der Waals surface area contributed by atoms with E-state index in [1.54, 1.807) is 37.4 Å². The summed E-state index contributed by atoms with van der Waals surface area (Å²) >= 11 is 1.51. The number of hydrogen-bond donors (Lipinski definition) is 10. The summed E-state index contributed by atoms with van der Waals surface area (Å²) in [6, 6.07) is 16.6. The zero-order chi connectivity index (χ0) is 49.2. The number of primary amides is 1. The maximum absolute atomic E-state index is 14.8. The molecule has 7 atom stereocenters. The van der Waals surface area contributed by atoms with E-state index in [0.717, 1.165) is 33.0 Å². The van der Waals surface area contributed by atoms with Crippen LogP contribution in [0.5, 0.6) is 0 Å². The van der Waals surface area contributed by atoms with Crippen LogP contribution < -0.4 is 49.1 Å². The molecule has 5 aromatic rings. The third kappa shape index (κ3) is 14.9. The van der Waals surface area contributed by atoms with Gasteiger partial charge in [0.2, 0.25) is 41.4 Å². The van der Waals surface area contributed by atoms with Crippen LogP contribution in [0.4, 0.5) is 0 Å². The Balaban J connectivity index is 1.46. The molecule has 0 spiro atoms. The molecule has 0 saturated heterocycles. The molecule has 0 radical (unpaired) electrons. The number of aromatic nitrogens is 1. The number of nitrogens with one attached hydrogen (secondary N) is 7. The van der Waals surface area contributed by atoms with Crippen molar-refractivity contribution in [1.29, 1.82) is 0 Å². The van der Waals surface area contributed by atoms with Crippen LogP contribution in [0.15, 0.2) is 90.4 Å². The molecule has 5 rings (SSSR count). The van der Waals surface area contributed by atoms with Crippen molar-refractivity contribution in [3.63, 3.8) is 0 Å². The maximum atomic E-state index is 14.8. The van der Waals surface area contributed by atoms with Crippen molar-refractivity contribution in [1.82, 2.24) is 36.9 Å². The molecule has 2 heterocycles. The standard InChI is InChI=1S/C50H66N10O7S/c1-4-6-20-38(46(63)55-30(3)44(53)61)56-47(64)39(22-14-15-24-51)57-48(65)40(25-31-16-8-7-9-17-31)59-49(66)41(26-32-28-54-37-21-12-10-18-34(32)37)60-50(67)42(58-45(62)36(52)5-2)27-33-29-68-43-23-13-11-19-35(33)43/h7-13,16-19,21,23,28-30,36,38-42,54H,4-6,14-15,20,22,24-27,51-52H2,1-3H3,(H2,53,61)(H,55,63)(H,56,64)(H,57,65)(H,58,62)(H,59,66)(H,60,67)/t30-,36-,38-,39-,40+,41-,42-/m1/s1. The topological polar surface area (TPSA) is 286 Å². The van der Waals surface area contributed by atoms with Crippen molar-refractivity contribution < 1.29 is 33.6 Å². The van der Waals surface area contributed by atoms with Gasteiger partial charge < -0.3 is 54.1 Å². The van der Waals surface area contributed by atoms with Gasteiger partial charge in [-0.2, -0.15) is 0 Å². The summed E-state index contributed by atoms with van der Waals surface area (Å²) < 4.78 is 1.01. The molecule has 0 fully saturated rings. The summed E-state index contributed by atoms with van der Waals surface area (Å²) in [5, 5.41) is 20.5. The number of benzene rings is 3. The molecule has 7 amide bonds. The second-order valence-electron chi connectivity index (χ2n) is 17.1. The van der Waals surface area contributed by atoms with Crippen LogP contribution in [-0.2, 0) is 52.8 Å². The lowest BCUT2D eigenvalue weighted by molar-refractivity contribution is -0.135. The highest BCUT2D eigenvalue weighted by atomic mass is 32.1. The van der Waals surface area contributed by atoms with Gasteiger partial charge >= 0.3 is 0 Å². The lowest BCUT2D eigenvalue weighted by Crippen LogP contribution is -2.60. The average molecular weight is 951 g/mol. The average Bonchev–Trinajstić information content (AvgIpc) is 3.95. The molecule has 18 heteroatoms. The Bertz CT molecular complexity index is 2490. The second-order valence-corrected chi connectivity index (χ2v) is 18.0. The highest BCUT2D eigenvalue weighted by Crippen LogP contribution is 2.27. The number of rotatable bonds is 27. The predicted octanol–water partition coefficient (Wildman–Crippen LogP) is 2.88. The zero-order valence-electron chi connectivity index (χ0n) is 39.0. The zero-order valence-corrected chi connectivity index (χ0v) is 39.8. The lowest BCUT2D eigenvalue weighted by Gasteiger charge is -2.28. The van der Waals surface area contributed by atoms with Gasteiger partial charge in [0.1, 0.15) is 36.3 Å². The first-order valence-electron chi connectivity index (χ1n) is 23.3. The first kappa shape index (κ1) is 52.3. The summed E-state index contributed by atoms with van der Waals surface area (Å²) in [6.07, 6.45) is 4.93. The Kier molecular flexibility index (Phi) is 20.1. The molecule has 364 valence electrons. The monoisotopic (exact) mass is 950 g/mol. The van der Waals surface area contributed by atoms with Crippen molar-refractivity contribution in [2.24, 2.45) is 17.2 Å². The number of carbonyl (C=O) groups excluding carboxylic acids is 7. The van der Waals surface area contributed by atoms with Gasteiger partial charge in [0.05, 0.1) is 6.04 Å². The number of H-pyrrole nitrogens is 1. The van der Waals surface area contributed by atoms with E-state index in [0.29, 0.717) is 43.4 Å². The van der Waals surface area contributed by atoms with E-state index in [1.807, 2.05) is 66.9 Å². The molecule has 0 unspecified atom stereocenters. The van der Waals surface area contributed by atoms with Gasteiger partial charge in [-0.1, -0.05) is 93.4 Å². The summed E-state index contributed by atoms with van der Waals surface area (Å²) in [5.74, 6) is -4.51. The molecule has 0 saturated carbocycles. The number of para-hydroxylation sites is 1. The molecule has 17 nitrogen and oxygen atoms in total. The quantitative estimate of drug-likeness (QED) is 0.0346. The highest BCUT2D eigenvalue weighted by molar-refractivity contribution is 7.17. The number of aromatic amines is 1. The van der Waals surface area contributed by atoms with Crippen LogP contribution in [0, 0.1) is 0 Å². The molecular formula is C50H66N10O7S. The smallest absolute Gasteiger partial charge is 0.243 e. The number of thiophene rings is 1. The largest absolute Gasteiger partial charge is 0.368 e. The van der Waals surface area contributed by atoms with E-state index >= 15 is 0 Å².